The number of hydrogen-bond acceptors (Lipinski definition) is 3. The molecule has 0 rings (SSSR count). The third-order valence-corrected chi connectivity index (χ3v) is 4.04. The zero-order valence-electron chi connectivity index (χ0n) is 9.79. The summed E-state index contributed by atoms with van der Waals surface area (Å²) in [7, 11) is 0.00873. The zero-order chi connectivity index (χ0) is 11.2. The van der Waals surface area contributed by atoms with Gasteiger partial charge in [0.2, 0.25) is 8.32 Å². The monoisotopic (exact) mass is 219 g/mol. The fourth-order valence-corrected chi connectivity index (χ4v) is 3.45. The van der Waals surface area contributed by atoms with Gasteiger partial charge in [-0.2, -0.15) is 0 Å². The van der Waals surface area contributed by atoms with Crippen LogP contribution in [0, 0.1) is 0 Å². The van der Waals surface area contributed by atoms with Crippen molar-refractivity contribution >= 4 is 14.4 Å². The van der Waals surface area contributed by atoms with Crippen LogP contribution < -0.4 is 0 Å². The highest BCUT2D eigenvalue weighted by molar-refractivity contribution is 6.71. The molecule has 14 heavy (non-hydrogen) atoms. The van der Waals surface area contributed by atoms with Gasteiger partial charge in [-0.05, 0) is 26.9 Å². The molecule has 0 bridgehead atoms. The van der Waals surface area contributed by atoms with Crippen molar-refractivity contribution in [3.05, 3.63) is 0 Å². The molecule has 0 saturated carbocycles. The van der Waals surface area contributed by atoms with E-state index in [1.807, 2.05) is 6.92 Å². The average Bonchev–Trinajstić information content (AvgIpc) is 2.03. The summed E-state index contributed by atoms with van der Waals surface area (Å²) >= 11 is 0. The molecule has 0 radical (unpaired) electrons. The van der Waals surface area contributed by atoms with E-state index in [1.54, 1.807) is 18.9 Å². The van der Waals surface area contributed by atoms with E-state index in [1.165, 1.54) is 0 Å². The molecule has 0 unspecified atom stereocenters. The van der Waals surface area contributed by atoms with Crippen LogP contribution in [0.15, 0.2) is 0 Å². The van der Waals surface area contributed by atoms with E-state index in [9.17, 15) is 4.79 Å². The number of carbonyl (C=O) groups excluding carboxylic acids is 1. The maximum atomic E-state index is 11.3. The Bertz CT molecular complexity index is 185. The highest BCUT2D eigenvalue weighted by atomic mass is 28.4. The zero-order valence-corrected chi connectivity index (χ0v) is 10.8. The highest BCUT2D eigenvalue weighted by Crippen LogP contribution is 2.06. The third kappa shape index (κ3) is 5.24. The topological polar surface area (TPSA) is 38.8 Å². The maximum absolute atomic E-state index is 11.3. The molecule has 5 heteroatoms. The molecule has 84 valence electrons. The first kappa shape index (κ1) is 13.4. The molecular weight excluding hydrogens is 198 g/mol. The van der Waals surface area contributed by atoms with E-state index in [0.29, 0.717) is 19.4 Å². The van der Waals surface area contributed by atoms with Gasteiger partial charge in [-0.15, -0.1) is 0 Å². The Balaban J connectivity index is 4.03. The quantitative estimate of drug-likeness (QED) is 0.662. The van der Waals surface area contributed by atoms with Crippen molar-refractivity contribution in [3.8, 4) is 0 Å². The second kappa shape index (κ2) is 6.03. The Morgan fingerprint density at radius 3 is 2.29 bits per heavy atom. The van der Waals surface area contributed by atoms with Gasteiger partial charge in [0, 0.05) is 19.8 Å². The van der Waals surface area contributed by atoms with Crippen LogP contribution in [0.5, 0.6) is 0 Å². The minimum absolute atomic E-state index is 0.271. The van der Waals surface area contributed by atoms with Crippen molar-refractivity contribution in [1.29, 1.82) is 0 Å². The molecule has 0 aromatic heterocycles. The molecule has 1 amide bonds. The molecule has 0 aliphatic rings. The van der Waals surface area contributed by atoms with E-state index in [0.717, 1.165) is 0 Å². The van der Waals surface area contributed by atoms with Crippen molar-refractivity contribution < 1.29 is 14.0 Å². The minimum atomic E-state index is -1.73. The normalized spacial score (nSPS) is 11.2. The van der Waals surface area contributed by atoms with Gasteiger partial charge >= 0.3 is 6.09 Å². The first-order valence-corrected chi connectivity index (χ1v) is 8.06. The van der Waals surface area contributed by atoms with Crippen LogP contribution in [0.4, 0.5) is 4.79 Å². The Morgan fingerprint density at radius 2 is 1.86 bits per heavy atom. The van der Waals surface area contributed by atoms with Gasteiger partial charge in [-0.3, -0.25) is 0 Å². The van der Waals surface area contributed by atoms with E-state index < -0.39 is 8.32 Å². The van der Waals surface area contributed by atoms with Crippen LogP contribution in [0.1, 0.15) is 13.8 Å². The summed E-state index contributed by atoms with van der Waals surface area (Å²) in [5.74, 6) is 0. The Hall–Kier alpha value is -0.553. The Kier molecular flexibility index (Phi) is 5.79. The van der Waals surface area contributed by atoms with Crippen molar-refractivity contribution in [2.75, 3.05) is 26.4 Å². The summed E-state index contributed by atoms with van der Waals surface area (Å²) in [6.45, 7) is 9.07. The lowest BCUT2D eigenvalue weighted by Gasteiger charge is -2.27. The number of amides is 1. The lowest BCUT2D eigenvalue weighted by Crippen LogP contribution is -2.46. The van der Waals surface area contributed by atoms with Crippen molar-refractivity contribution in [2.24, 2.45) is 0 Å². The first-order chi connectivity index (χ1) is 6.43. The van der Waals surface area contributed by atoms with Crippen LogP contribution >= 0.6 is 0 Å². The summed E-state index contributed by atoms with van der Waals surface area (Å²) in [4.78, 5) is 12.9. The summed E-state index contributed by atoms with van der Waals surface area (Å²) in [5, 5.41) is 0. The smallest absolute Gasteiger partial charge is 0.409 e. The summed E-state index contributed by atoms with van der Waals surface area (Å²) in [6, 6.07) is 0. The van der Waals surface area contributed by atoms with Gasteiger partial charge in [0.05, 0.1) is 6.61 Å². The van der Waals surface area contributed by atoms with Gasteiger partial charge in [-0.25, -0.2) is 4.79 Å². The lowest BCUT2D eigenvalue weighted by molar-refractivity contribution is 0.119. The molecule has 0 N–H and O–H groups in total. The number of hydrogen-bond donors (Lipinski definition) is 0. The Morgan fingerprint density at radius 1 is 1.29 bits per heavy atom. The first-order valence-electron chi connectivity index (χ1n) is 4.94. The molecule has 0 atom stereocenters. The summed E-state index contributed by atoms with van der Waals surface area (Å²) < 4.78 is 10.5. The predicted octanol–water partition coefficient (Wildman–Crippen LogP) is 1.86. The second-order valence-corrected chi connectivity index (χ2v) is 7.87. The van der Waals surface area contributed by atoms with Crippen LogP contribution in [-0.4, -0.2) is 45.7 Å². The fraction of sp³-hybridized carbons (Fsp3) is 0.889. The maximum Gasteiger partial charge on any atom is 0.409 e. The van der Waals surface area contributed by atoms with Crippen LogP contribution in [-0.2, 0) is 9.16 Å². The third-order valence-electron chi connectivity index (χ3n) is 1.73. The van der Waals surface area contributed by atoms with E-state index in [4.69, 9.17) is 9.16 Å². The lowest BCUT2D eigenvalue weighted by atomic mass is 10.8. The number of carbonyl (C=O) groups is 1. The van der Waals surface area contributed by atoms with Crippen molar-refractivity contribution in [1.82, 2.24) is 4.90 Å². The van der Waals surface area contributed by atoms with Crippen molar-refractivity contribution in [2.45, 2.75) is 26.9 Å². The molecule has 0 spiro atoms. The number of ether oxygens (including phenoxy) is 1. The van der Waals surface area contributed by atoms with Crippen LogP contribution in [0.25, 0.3) is 0 Å². The van der Waals surface area contributed by atoms with E-state index in [-0.39, 0.29) is 6.09 Å². The van der Waals surface area contributed by atoms with E-state index >= 15 is 0 Å². The number of rotatable bonds is 5. The SMILES string of the molecule is CCOC(=O)N(C)C[Si](C)(C)OCC. The van der Waals surface area contributed by atoms with Gasteiger partial charge in [0.1, 0.15) is 0 Å². The van der Waals surface area contributed by atoms with Gasteiger partial charge in [0.15, 0.2) is 0 Å². The summed E-state index contributed by atoms with van der Waals surface area (Å²) in [5.41, 5.74) is 0. The molecule has 4 nitrogen and oxygen atoms in total. The Labute approximate surface area is 87.3 Å². The molecule has 0 aliphatic heterocycles. The fourth-order valence-electron chi connectivity index (χ4n) is 1.31. The number of nitrogens with zero attached hydrogens (tertiary/aromatic N) is 1. The van der Waals surface area contributed by atoms with Crippen LogP contribution in [0.3, 0.4) is 0 Å². The van der Waals surface area contributed by atoms with Gasteiger partial charge in [0.25, 0.3) is 0 Å². The predicted molar refractivity (Wildman–Crippen MR) is 58.8 cm³/mol. The second-order valence-electron chi connectivity index (χ2n) is 3.75. The molecule has 0 aromatic rings. The van der Waals surface area contributed by atoms with Crippen LogP contribution in [0.2, 0.25) is 13.1 Å². The molecule has 0 fully saturated rings. The van der Waals surface area contributed by atoms with Crippen molar-refractivity contribution in [3.63, 3.8) is 0 Å². The largest absolute Gasteiger partial charge is 0.450 e. The van der Waals surface area contributed by atoms with Gasteiger partial charge < -0.3 is 14.1 Å². The average molecular weight is 219 g/mol. The molecule has 0 heterocycles. The standard InChI is InChI=1S/C9H21NO3Si/c1-6-12-9(11)10(3)8-14(4,5)13-7-2/h6-8H2,1-5H3. The molecule has 0 aromatic carbocycles. The minimum Gasteiger partial charge on any atom is -0.450 e. The van der Waals surface area contributed by atoms with Gasteiger partial charge in [-0.1, -0.05) is 0 Å². The summed E-state index contributed by atoms with van der Waals surface area (Å²) in [6.07, 6.45) is 0.396. The highest BCUT2D eigenvalue weighted by Gasteiger charge is 2.26. The van der Waals surface area contributed by atoms with E-state index in [2.05, 4.69) is 13.1 Å². The molecular formula is C9H21NO3Si. The molecule has 0 saturated heterocycles. The molecule has 0 aliphatic carbocycles.